The van der Waals surface area contributed by atoms with E-state index in [0.29, 0.717) is 22.6 Å². The molecular formula is C12H11N5O2S. The highest BCUT2D eigenvalue weighted by Gasteiger charge is 2.09. The molecule has 3 heterocycles. The van der Waals surface area contributed by atoms with Crippen LogP contribution in [0.3, 0.4) is 0 Å². The first kappa shape index (κ1) is 12.6. The summed E-state index contributed by atoms with van der Waals surface area (Å²) in [7, 11) is 0. The van der Waals surface area contributed by atoms with E-state index in [1.54, 1.807) is 29.8 Å². The molecular weight excluding hydrogens is 278 g/mol. The predicted molar refractivity (Wildman–Crippen MR) is 77.9 cm³/mol. The number of aromatic nitrogens is 3. The first-order valence-electron chi connectivity index (χ1n) is 5.81. The number of anilines is 1. The number of nitrogen functional groups attached to an aromatic ring is 1. The minimum atomic E-state index is -0.431. The summed E-state index contributed by atoms with van der Waals surface area (Å²) in [5, 5.41) is 1.79. The molecule has 8 heteroatoms. The number of rotatable bonds is 3. The van der Waals surface area contributed by atoms with Gasteiger partial charge >= 0.3 is 5.69 Å². The third kappa shape index (κ3) is 2.10. The molecule has 3 aromatic heterocycles. The smallest absolute Gasteiger partial charge is 0.308 e. The highest BCUT2D eigenvalue weighted by molar-refractivity contribution is 7.17. The zero-order chi connectivity index (χ0) is 14.1. The Morgan fingerprint density at radius 2 is 2.25 bits per heavy atom. The Morgan fingerprint density at radius 3 is 3.05 bits per heavy atom. The van der Waals surface area contributed by atoms with Gasteiger partial charge in [0, 0.05) is 6.20 Å². The van der Waals surface area contributed by atoms with Crippen LogP contribution in [0.1, 0.15) is 5.56 Å². The third-order valence-electron chi connectivity index (χ3n) is 2.92. The molecule has 0 saturated carbocycles. The number of nitrogens with two attached hydrogens (primary N) is 1. The number of nitrogens with one attached hydrogen (secondary N) is 2. The average molecular weight is 289 g/mol. The van der Waals surface area contributed by atoms with Gasteiger partial charge in [0.1, 0.15) is 10.5 Å². The van der Waals surface area contributed by atoms with Gasteiger partial charge in [-0.15, -0.1) is 11.3 Å². The summed E-state index contributed by atoms with van der Waals surface area (Å²) in [4.78, 5) is 30.0. The number of pyridine rings is 1. The van der Waals surface area contributed by atoms with Crippen LogP contribution in [0.15, 0.2) is 39.4 Å². The number of aromatic amines is 1. The number of H-pyrrole nitrogens is 1. The lowest BCUT2D eigenvalue weighted by Crippen LogP contribution is -2.29. The lowest BCUT2D eigenvalue weighted by Gasteiger charge is -2.08. The average Bonchev–Trinajstić information content (AvgIpc) is 2.93. The second kappa shape index (κ2) is 4.91. The van der Waals surface area contributed by atoms with Crippen molar-refractivity contribution in [1.29, 1.82) is 0 Å². The van der Waals surface area contributed by atoms with E-state index in [0.717, 1.165) is 5.56 Å². The van der Waals surface area contributed by atoms with E-state index in [4.69, 9.17) is 5.84 Å². The Hall–Kier alpha value is -2.45. The fourth-order valence-electron chi connectivity index (χ4n) is 2.01. The zero-order valence-electron chi connectivity index (χ0n) is 10.3. The molecule has 0 aliphatic rings. The van der Waals surface area contributed by atoms with Crippen LogP contribution in [0.25, 0.3) is 10.2 Å². The minimum absolute atomic E-state index is 0.333. The van der Waals surface area contributed by atoms with Crippen LogP contribution in [-0.4, -0.2) is 14.5 Å². The quantitative estimate of drug-likeness (QED) is 0.480. The maximum absolute atomic E-state index is 12.0. The predicted octanol–water partition coefficient (Wildman–Crippen LogP) is 0.480. The van der Waals surface area contributed by atoms with Crippen LogP contribution < -0.4 is 22.5 Å². The standard InChI is InChI=1S/C12H11N5O2S/c13-16-9-5-7(1-3-14-9)6-17-8-2-4-20-10(8)11(18)15-12(17)19/h1-5H,6,13H2,(H,14,16)(H,15,18,19). The fourth-order valence-corrected chi connectivity index (χ4v) is 2.80. The maximum atomic E-state index is 12.0. The van der Waals surface area contributed by atoms with Crippen molar-refractivity contribution in [3.8, 4) is 0 Å². The number of hydrazine groups is 1. The molecule has 0 atom stereocenters. The van der Waals surface area contributed by atoms with Crippen molar-refractivity contribution in [2.24, 2.45) is 5.84 Å². The molecule has 0 fully saturated rings. The first-order valence-corrected chi connectivity index (χ1v) is 6.69. The molecule has 7 nitrogen and oxygen atoms in total. The molecule has 0 bridgehead atoms. The van der Waals surface area contributed by atoms with Gasteiger partial charge in [0.2, 0.25) is 0 Å². The molecule has 4 N–H and O–H groups in total. The molecule has 102 valence electrons. The Kier molecular flexibility index (Phi) is 3.09. The van der Waals surface area contributed by atoms with E-state index in [1.807, 2.05) is 0 Å². The number of hydrogen-bond donors (Lipinski definition) is 3. The second-order valence-electron chi connectivity index (χ2n) is 4.17. The van der Waals surface area contributed by atoms with E-state index in [1.165, 1.54) is 15.9 Å². The highest BCUT2D eigenvalue weighted by atomic mass is 32.1. The maximum Gasteiger partial charge on any atom is 0.329 e. The van der Waals surface area contributed by atoms with Crippen molar-refractivity contribution in [2.75, 3.05) is 5.43 Å². The summed E-state index contributed by atoms with van der Waals surface area (Å²) in [6.07, 6.45) is 1.60. The molecule has 0 unspecified atom stereocenters. The lowest BCUT2D eigenvalue weighted by atomic mass is 10.2. The second-order valence-corrected chi connectivity index (χ2v) is 5.09. The summed E-state index contributed by atoms with van der Waals surface area (Å²) in [6.45, 7) is 0.333. The topological polar surface area (TPSA) is 106 Å². The summed E-state index contributed by atoms with van der Waals surface area (Å²) in [6, 6.07) is 5.30. The van der Waals surface area contributed by atoms with Gasteiger partial charge in [-0.05, 0) is 29.1 Å². The summed E-state index contributed by atoms with van der Waals surface area (Å²) in [5.41, 5.74) is 3.16. The molecule has 0 aromatic carbocycles. The van der Waals surface area contributed by atoms with Crippen molar-refractivity contribution in [2.45, 2.75) is 6.54 Å². The number of hydrogen-bond acceptors (Lipinski definition) is 6. The van der Waals surface area contributed by atoms with Gasteiger partial charge in [-0.3, -0.25) is 14.3 Å². The Labute approximate surface area is 116 Å². The summed E-state index contributed by atoms with van der Waals surface area (Å²) < 4.78 is 2.05. The first-order chi connectivity index (χ1) is 9.69. The van der Waals surface area contributed by atoms with E-state index < -0.39 is 5.69 Å². The van der Waals surface area contributed by atoms with Crippen LogP contribution in [0.5, 0.6) is 0 Å². The van der Waals surface area contributed by atoms with Crippen molar-refractivity contribution >= 4 is 27.4 Å². The summed E-state index contributed by atoms with van der Waals surface area (Å²) >= 11 is 1.31. The van der Waals surface area contributed by atoms with E-state index in [2.05, 4.69) is 15.4 Å². The highest BCUT2D eigenvalue weighted by Crippen LogP contribution is 2.16. The van der Waals surface area contributed by atoms with Crippen molar-refractivity contribution in [3.05, 3.63) is 56.2 Å². The van der Waals surface area contributed by atoms with Crippen LogP contribution in [0.2, 0.25) is 0 Å². The van der Waals surface area contributed by atoms with Crippen LogP contribution in [0, 0.1) is 0 Å². The molecule has 0 aliphatic carbocycles. The molecule has 0 saturated heterocycles. The van der Waals surface area contributed by atoms with Gasteiger partial charge in [-0.25, -0.2) is 15.6 Å². The van der Waals surface area contributed by atoms with Gasteiger partial charge in [-0.1, -0.05) is 0 Å². The third-order valence-corrected chi connectivity index (χ3v) is 3.82. The summed E-state index contributed by atoms with van der Waals surface area (Å²) in [5.74, 6) is 5.82. The Balaban J connectivity index is 2.13. The van der Waals surface area contributed by atoms with Crippen molar-refractivity contribution < 1.29 is 0 Å². The van der Waals surface area contributed by atoms with Gasteiger partial charge in [-0.2, -0.15) is 0 Å². The van der Waals surface area contributed by atoms with Crippen molar-refractivity contribution in [3.63, 3.8) is 0 Å². The van der Waals surface area contributed by atoms with Gasteiger partial charge in [0.05, 0.1) is 12.1 Å². The molecule has 20 heavy (non-hydrogen) atoms. The fraction of sp³-hybridized carbons (Fsp3) is 0.0833. The Morgan fingerprint density at radius 1 is 1.40 bits per heavy atom. The monoisotopic (exact) mass is 289 g/mol. The molecule has 3 aromatic rings. The SMILES string of the molecule is NNc1cc(Cn2c(=O)[nH]c(=O)c3sccc32)ccn1. The van der Waals surface area contributed by atoms with Crippen LogP contribution in [0.4, 0.5) is 5.82 Å². The number of nitrogens with zero attached hydrogens (tertiary/aromatic N) is 2. The molecule has 0 spiro atoms. The normalized spacial score (nSPS) is 10.8. The molecule has 0 aliphatic heterocycles. The number of thiophene rings is 1. The van der Waals surface area contributed by atoms with Crippen LogP contribution >= 0.6 is 11.3 Å². The lowest BCUT2D eigenvalue weighted by molar-refractivity contribution is 0.757. The van der Waals surface area contributed by atoms with Gasteiger partial charge in [0.15, 0.2) is 0 Å². The Bertz CT molecular complexity index is 879. The van der Waals surface area contributed by atoms with E-state index in [-0.39, 0.29) is 5.56 Å². The van der Waals surface area contributed by atoms with Crippen LogP contribution in [-0.2, 0) is 6.54 Å². The van der Waals surface area contributed by atoms with E-state index >= 15 is 0 Å². The van der Waals surface area contributed by atoms with E-state index in [9.17, 15) is 9.59 Å². The molecule has 0 radical (unpaired) electrons. The van der Waals surface area contributed by atoms with Crippen molar-refractivity contribution in [1.82, 2.24) is 14.5 Å². The largest absolute Gasteiger partial charge is 0.329 e. The van der Waals surface area contributed by atoms with Gasteiger partial charge in [0.25, 0.3) is 5.56 Å². The van der Waals surface area contributed by atoms with Gasteiger partial charge < -0.3 is 5.43 Å². The molecule has 3 rings (SSSR count). The zero-order valence-corrected chi connectivity index (χ0v) is 11.1. The molecule has 0 amide bonds. The number of fused-ring (bicyclic) bond motifs is 1. The minimum Gasteiger partial charge on any atom is -0.308 e.